The van der Waals surface area contributed by atoms with Crippen molar-refractivity contribution in [3.05, 3.63) is 94.6 Å². The second kappa shape index (κ2) is 11.8. The molecule has 0 aromatic heterocycles. The first-order chi connectivity index (χ1) is 16.6. The standard InChI is InChI=1S/C32H38F2/c1-3-5-23-9-15-26(16-10-23)27-17-11-24(12-18-27)7-8-25-13-19-28(20-14-25)30-22-21-29(6-4-2)31(33)32(30)34/h11-14,17-23,26H,3-10,15-16H2,1-2H3. The predicted octanol–water partition coefficient (Wildman–Crippen LogP) is 9.44. The number of benzene rings is 3. The van der Waals surface area contributed by atoms with E-state index in [9.17, 15) is 8.78 Å². The highest BCUT2D eigenvalue weighted by atomic mass is 19.2. The molecule has 0 N–H and O–H groups in total. The highest BCUT2D eigenvalue weighted by Crippen LogP contribution is 2.37. The van der Waals surface area contributed by atoms with E-state index in [4.69, 9.17) is 0 Å². The van der Waals surface area contributed by atoms with E-state index in [1.54, 1.807) is 12.1 Å². The zero-order valence-corrected chi connectivity index (χ0v) is 20.8. The van der Waals surface area contributed by atoms with Gasteiger partial charge in [-0.15, -0.1) is 0 Å². The van der Waals surface area contributed by atoms with Crippen LogP contribution in [0.4, 0.5) is 8.78 Å². The largest absolute Gasteiger partial charge is 0.203 e. The average molecular weight is 461 g/mol. The predicted molar refractivity (Wildman–Crippen MR) is 139 cm³/mol. The molecule has 2 heteroatoms. The molecule has 34 heavy (non-hydrogen) atoms. The van der Waals surface area contributed by atoms with Crippen LogP contribution in [0.25, 0.3) is 11.1 Å². The van der Waals surface area contributed by atoms with Crippen LogP contribution in [-0.2, 0) is 19.3 Å². The lowest BCUT2D eigenvalue weighted by Gasteiger charge is -2.28. The third-order valence-corrected chi connectivity index (χ3v) is 7.64. The van der Waals surface area contributed by atoms with Crippen molar-refractivity contribution in [3.63, 3.8) is 0 Å². The summed E-state index contributed by atoms with van der Waals surface area (Å²) in [6.45, 7) is 4.27. The average Bonchev–Trinajstić information content (AvgIpc) is 2.87. The number of hydrogen-bond donors (Lipinski definition) is 0. The first kappa shape index (κ1) is 24.6. The van der Waals surface area contributed by atoms with Gasteiger partial charge in [0.05, 0.1) is 0 Å². The minimum atomic E-state index is -0.738. The summed E-state index contributed by atoms with van der Waals surface area (Å²) in [5, 5.41) is 0. The van der Waals surface area contributed by atoms with E-state index >= 15 is 0 Å². The monoisotopic (exact) mass is 460 g/mol. The van der Waals surface area contributed by atoms with Gasteiger partial charge in [-0.1, -0.05) is 93.8 Å². The number of hydrogen-bond acceptors (Lipinski definition) is 0. The molecule has 1 aliphatic rings. The van der Waals surface area contributed by atoms with E-state index in [2.05, 4.69) is 31.2 Å². The first-order valence-corrected chi connectivity index (χ1v) is 13.2. The molecule has 0 spiro atoms. The Labute approximate surface area is 204 Å². The Morgan fingerprint density at radius 3 is 1.85 bits per heavy atom. The van der Waals surface area contributed by atoms with E-state index in [-0.39, 0.29) is 0 Å². The van der Waals surface area contributed by atoms with Crippen molar-refractivity contribution in [2.24, 2.45) is 5.92 Å². The lowest BCUT2D eigenvalue weighted by Crippen LogP contribution is -2.13. The van der Waals surface area contributed by atoms with E-state index in [0.717, 1.165) is 36.7 Å². The molecule has 0 unspecified atom stereocenters. The second-order valence-corrected chi connectivity index (χ2v) is 10.1. The van der Waals surface area contributed by atoms with Crippen molar-refractivity contribution < 1.29 is 8.78 Å². The third-order valence-electron chi connectivity index (χ3n) is 7.64. The number of rotatable bonds is 9. The van der Waals surface area contributed by atoms with Crippen LogP contribution in [-0.4, -0.2) is 0 Å². The summed E-state index contributed by atoms with van der Waals surface area (Å²) < 4.78 is 28.9. The van der Waals surface area contributed by atoms with Gasteiger partial charge >= 0.3 is 0 Å². The van der Waals surface area contributed by atoms with Crippen LogP contribution in [0.5, 0.6) is 0 Å². The molecule has 0 heterocycles. The fraction of sp³-hybridized carbons (Fsp3) is 0.438. The minimum absolute atomic E-state index is 0.336. The van der Waals surface area contributed by atoms with Crippen LogP contribution in [0.2, 0.25) is 0 Å². The molecular weight excluding hydrogens is 422 g/mol. The Kier molecular flexibility index (Phi) is 8.53. The third kappa shape index (κ3) is 5.95. The zero-order valence-electron chi connectivity index (χ0n) is 20.8. The normalized spacial score (nSPS) is 18.2. The Hall–Kier alpha value is -2.48. The van der Waals surface area contributed by atoms with Gasteiger partial charge in [0.1, 0.15) is 0 Å². The van der Waals surface area contributed by atoms with Crippen LogP contribution in [0.3, 0.4) is 0 Å². The van der Waals surface area contributed by atoms with Gasteiger partial charge in [-0.05, 0) is 84.6 Å². The highest BCUT2D eigenvalue weighted by molar-refractivity contribution is 5.65. The molecule has 1 aliphatic carbocycles. The fourth-order valence-corrected chi connectivity index (χ4v) is 5.56. The van der Waals surface area contributed by atoms with E-state index in [0.29, 0.717) is 17.5 Å². The van der Waals surface area contributed by atoms with Gasteiger partial charge in [0.25, 0.3) is 0 Å². The van der Waals surface area contributed by atoms with Gasteiger partial charge in [-0.2, -0.15) is 0 Å². The van der Waals surface area contributed by atoms with Gasteiger partial charge in [0.15, 0.2) is 11.6 Å². The minimum Gasteiger partial charge on any atom is -0.203 e. The molecule has 0 amide bonds. The summed E-state index contributed by atoms with van der Waals surface area (Å²) in [7, 11) is 0. The molecule has 0 nitrogen and oxygen atoms in total. The van der Waals surface area contributed by atoms with Gasteiger partial charge in [-0.25, -0.2) is 8.78 Å². The molecule has 0 radical (unpaired) electrons. The van der Waals surface area contributed by atoms with Crippen LogP contribution in [0.15, 0.2) is 60.7 Å². The Bertz CT molecular complexity index is 1040. The van der Waals surface area contributed by atoms with Crippen LogP contribution in [0.1, 0.15) is 87.0 Å². The molecule has 1 fully saturated rings. The van der Waals surface area contributed by atoms with Gasteiger partial charge in [0, 0.05) is 5.56 Å². The molecule has 0 atom stereocenters. The van der Waals surface area contributed by atoms with Crippen LogP contribution in [0, 0.1) is 17.6 Å². The van der Waals surface area contributed by atoms with Crippen molar-refractivity contribution >= 4 is 0 Å². The van der Waals surface area contributed by atoms with Gasteiger partial charge < -0.3 is 0 Å². The van der Waals surface area contributed by atoms with Crippen molar-refractivity contribution in [2.45, 2.75) is 84.0 Å². The van der Waals surface area contributed by atoms with Crippen molar-refractivity contribution in [1.82, 2.24) is 0 Å². The van der Waals surface area contributed by atoms with Crippen LogP contribution < -0.4 is 0 Å². The van der Waals surface area contributed by atoms with E-state index in [1.807, 2.05) is 31.2 Å². The summed E-state index contributed by atoms with van der Waals surface area (Å²) in [6.07, 6.45) is 11.4. The maximum Gasteiger partial charge on any atom is 0.166 e. The fourth-order valence-electron chi connectivity index (χ4n) is 5.56. The Balaban J connectivity index is 1.33. The topological polar surface area (TPSA) is 0 Å². The maximum absolute atomic E-state index is 14.6. The first-order valence-electron chi connectivity index (χ1n) is 13.2. The zero-order chi connectivity index (χ0) is 23.9. The number of halogens is 2. The molecule has 0 aliphatic heterocycles. The van der Waals surface area contributed by atoms with Gasteiger partial charge in [-0.3, -0.25) is 0 Å². The maximum atomic E-state index is 14.6. The quantitative estimate of drug-likeness (QED) is 0.298. The summed E-state index contributed by atoms with van der Waals surface area (Å²) in [5.74, 6) is 0.234. The lowest BCUT2D eigenvalue weighted by atomic mass is 9.77. The van der Waals surface area contributed by atoms with Crippen molar-refractivity contribution in [3.8, 4) is 11.1 Å². The van der Waals surface area contributed by atoms with Crippen molar-refractivity contribution in [1.29, 1.82) is 0 Å². The summed E-state index contributed by atoms with van der Waals surface area (Å²) in [6, 6.07) is 20.6. The molecule has 0 bridgehead atoms. The van der Waals surface area contributed by atoms with E-state index < -0.39 is 11.6 Å². The molecule has 0 saturated heterocycles. The van der Waals surface area contributed by atoms with Crippen LogP contribution >= 0.6 is 0 Å². The molecule has 3 aromatic carbocycles. The Morgan fingerprint density at radius 2 is 1.26 bits per heavy atom. The van der Waals surface area contributed by atoms with Crippen molar-refractivity contribution in [2.75, 3.05) is 0 Å². The molecule has 180 valence electrons. The van der Waals surface area contributed by atoms with Gasteiger partial charge in [0.2, 0.25) is 0 Å². The lowest BCUT2D eigenvalue weighted by molar-refractivity contribution is 0.308. The highest BCUT2D eigenvalue weighted by Gasteiger charge is 2.21. The molecule has 3 aromatic rings. The summed E-state index contributed by atoms with van der Waals surface area (Å²) in [5.41, 5.74) is 5.58. The SMILES string of the molecule is CCCc1ccc(-c2ccc(CCc3ccc(C4CCC(CCC)CC4)cc3)cc2)c(F)c1F. The molecule has 1 saturated carbocycles. The smallest absolute Gasteiger partial charge is 0.166 e. The van der Waals surface area contributed by atoms with E-state index in [1.165, 1.54) is 55.2 Å². The summed E-state index contributed by atoms with van der Waals surface area (Å²) >= 11 is 0. The second-order valence-electron chi connectivity index (χ2n) is 10.1. The summed E-state index contributed by atoms with van der Waals surface area (Å²) in [4.78, 5) is 0. The number of aryl methyl sites for hydroxylation is 3. The molecular formula is C32H38F2. The Morgan fingerprint density at radius 1 is 0.647 bits per heavy atom. The molecule has 4 rings (SSSR count).